The van der Waals surface area contributed by atoms with E-state index in [0.29, 0.717) is 22.7 Å². The van der Waals surface area contributed by atoms with E-state index in [4.69, 9.17) is 0 Å². The van der Waals surface area contributed by atoms with Crippen molar-refractivity contribution in [3.63, 3.8) is 0 Å². The number of aromatic hydroxyl groups is 2. The highest BCUT2D eigenvalue weighted by Gasteiger charge is 2.24. The highest BCUT2D eigenvalue weighted by Crippen LogP contribution is 2.38. The van der Waals surface area contributed by atoms with Crippen LogP contribution in [-0.2, 0) is 0 Å². The van der Waals surface area contributed by atoms with Crippen molar-refractivity contribution in [1.29, 1.82) is 0 Å². The van der Waals surface area contributed by atoms with Gasteiger partial charge < -0.3 is 10.2 Å². The number of allylic oxidation sites excluding steroid dienone is 4. The maximum Gasteiger partial charge on any atom is 0.238 e. The van der Waals surface area contributed by atoms with Crippen molar-refractivity contribution in [3.8, 4) is 11.8 Å². The first-order valence-corrected chi connectivity index (χ1v) is 10.6. The summed E-state index contributed by atoms with van der Waals surface area (Å²) >= 11 is 0. The van der Waals surface area contributed by atoms with Gasteiger partial charge in [0.2, 0.25) is 11.8 Å². The summed E-state index contributed by atoms with van der Waals surface area (Å²) in [5.74, 6) is 0.00780. The van der Waals surface area contributed by atoms with Crippen molar-refractivity contribution in [1.82, 2.24) is 18.8 Å². The fourth-order valence-corrected chi connectivity index (χ4v) is 4.30. The zero-order chi connectivity index (χ0) is 22.3. The molecule has 2 N–H and O–H groups in total. The molecule has 32 heavy (non-hydrogen) atoms. The molecule has 0 spiro atoms. The first kappa shape index (κ1) is 19.9. The maximum atomic E-state index is 10.3. The maximum absolute atomic E-state index is 10.3. The van der Waals surface area contributed by atoms with E-state index in [1.54, 1.807) is 6.08 Å². The summed E-state index contributed by atoms with van der Waals surface area (Å²) in [5.41, 5.74) is 8.29. The average Bonchev–Trinajstić information content (AvgIpc) is 3.24. The van der Waals surface area contributed by atoms with Crippen LogP contribution in [0.15, 0.2) is 77.8 Å². The van der Waals surface area contributed by atoms with Gasteiger partial charge in [0.1, 0.15) is 22.7 Å². The Morgan fingerprint density at radius 1 is 0.875 bits per heavy atom. The minimum Gasteiger partial charge on any atom is -0.492 e. The van der Waals surface area contributed by atoms with Gasteiger partial charge in [-0.3, -0.25) is 8.80 Å². The first-order chi connectivity index (χ1) is 15.4. The Morgan fingerprint density at radius 2 is 1.50 bits per heavy atom. The summed E-state index contributed by atoms with van der Waals surface area (Å²) in [6.45, 7) is 4.46. The van der Waals surface area contributed by atoms with Crippen LogP contribution in [-0.4, -0.2) is 29.0 Å². The molecule has 6 nitrogen and oxygen atoms in total. The first-order valence-electron chi connectivity index (χ1n) is 10.6. The largest absolute Gasteiger partial charge is 0.492 e. The topological polar surface area (TPSA) is 75.1 Å². The molecule has 4 aromatic rings. The van der Waals surface area contributed by atoms with E-state index in [1.165, 1.54) is 0 Å². The van der Waals surface area contributed by atoms with Crippen molar-refractivity contribution in [2.24, 2.45) is 5.41 Å². The molecule has 0 aromatic carbocycles. The number of fused-ring (bicyclic) bond motifs is 2. The lowest BCUT2D eigenvalue weighted by molar-refractivity contribution is 0.355. The smallest absolute Gasteiger partial charge is 0.238 e. The molecule has 0 radical (unpaired) electrons. The van der Waals surface area contributed by atoms with Crippen molar-refractivity contribution >= 4 is 23.4 Å². The van der Waals surface area contributed by atoms with Gasteiger partial charge in [-0.1, -0.05) is 32.1 Å². The SMILES string of the molecule is CC1(C)CC(=C=Cc2c(O)nc3ccccn23)C=C(C=Cc2c(O)nc3ccccn23)C1. The summed E-state index contributed by atoms with van der Waals surface area (Å²) in [6, 6.07) is 11.3. The molecule has 4 aromatic heterocycles. The Labute approximate surface area is 185 Å². The molecule has 1 aliphatic carbocycles. The lowest BCUT2D eigenvalue weighted by Gasteiger charge is -2.29. The Balaban J connectivity index is 1.52. The number of hydrogen-bond acceptors (Lipinski definition) is 4. The number of imidazole rings is 2. The predicted molar refractivity (Wildman–Crippen MR) is 125 cm³/mol. The van der Waals surface area contributed by atoms with Gasteiger partial charge in [-0.2, -0.15) is 9.97 Å². The van der Waals surface area contributed by atoms with E-state index in [-0.39, 0.29) is 17.2 Å². The molecular weight excluding hydrogens is 400 g/mol. The van der Waals surface area contributed by atoms with Crippen LogP contribution >= 0.6 is 0 Å². The monoisotopic (exact) mass is 424 g/mol. The molecule has 0 amide bonds. The molecule has 0 saturated heterocycles. The van der Waals surface area contributed by atoms with Crippen LogP contribution in [0.5, 0.6) is 11.8 Å². The van der Waals surface area contributed by atoms with E-state index in [0.717, 1.165) is 24.0 Å². The van der Waals surface area contributed by atoms with E-state index in [2.05, 4.69) is 35.6 Å². The Hall–Kier alpha value is -4.02. The lowest BCUT2D eigenvalue weighted by atomic mass is 9.75. The number of rotatable bonds is 3. The summed E-state index contributed by atoms with van der Waals surface area (Å²) in [5, 5.41) is 20.5. The van der Waals surface area contributed by atoms with Gasteiger partial charge in [-0.05, 0) is 65.8 Å². The summed E-state index contributed by atoms with van der Waals surface area (Å²) in [6.07, 6.45) is 13.4. The molecular formula is C26H24N4O2. The third kappa shape index (κ3) is 3.72. The molecule has 5 rings (SSSR count). The number of hydrogen-bond donors (Lipinski definition) is 2. The van der Waals surface area contributed by atoms with Crippen molar-refractivity contribution in [3.05, 3.63) is 89.2 Å². The van der Waals surface area contributed by atoms with Crippen LogP contribution in [0.3, 0.4) is 0 Å². The third-order valence-electron chi connectivity index (χ3n) is 5.66. The van der Waals surface area contributed by atoms with Gasteiger partial charge >= 0.3 is 0 Å². The Morgan fingerprint density at radius 3 is 2.19 bits per heavy atom. The number of nitrogens with zero attached hydrogens (tertiary/aromatic N) is 4. The second-order valence-corrected chi connectivity index (χ2v) is 8.88. The molecule has 160 valence electrons. The zero-order valence-corrected chi connectivity index (χ0v) is 18.0. The minimum atomic E-state index is -0.00782. The summed E-state index contributed by atoms with van der Waals surface area (Å²) in [7, 11) is 0. The molecule has 0 unspecified atom stereocenters. The van der Waals surface area contributed by atoms with Crippen LogP contribution in [0.1, 0.15) is 38.1 Å². The molecule has 4 heterocycles. The lowest BCUT2D eigenvalue weighted by Crippen LogP contribution is -2.16. The van der Waals surface area contributed by atoms with Gasteiger partial charge in [0.05, 0.1) is 0 Å². The van der Waals surface area contributed by atoms with Gasteiger partial charge in [0.15, 0.2) is 0 Å². The van der Waals surface area contributed by atoms with Crippen molar-refractivity contribution in [2.45, 2.75) is 26.7 Å². The third-order valence-corrected chi connectivity index (χ3v) is 5.66. The van der Waals surface area contributed by atoms with Gasteiger partial charge in [-0.15, -0.1) is 5.73 Å². The number of pyridine rings is 2. The Bertz CT molecular complexity index is 1460. The molecule has 0 fully saturated rings. The fraction of sp³-hybridized carbons (Fsp3) is 0.192. The van der Waals surface area contributed by atoms with Gasteiger partial charge in [0, 0.05) is 18.5 Å². The zero-order valence-electron chi connectivity index (χ0n) is 18.0. The Kier molecular flexibility index (Phi) is 4.72. The van der Waals surface area contributed by atoms with Crippen LogP contribution in [0, 0.1) is 5.41 Å². The molecule has 0 aliphatic heterocycles. The molecule has 0 bridgehead atoms. The quantitative estimate of drug-likeness (QED) is 0.432. The molecule has 6 heteroatoms. The predicted octanol–water partition coefficient (Wildman–Crippen LogP) is 5.39. The molecule has 1 aliphatic rings. The highest BCUT2D eigenvalue weighted by molar-refractivity contribution is 5.62. The standard InChI is InChI=1S/C26H24N4O2/c1-26(2)16-18(9-11-20-24(31)27-22-7-3-5-13-29(20)22)15-19(17-26)10-12-21-25(32)28-23-8-4-6-14-30(21)23/h3-9,11-15,31-32H,16-17H2,1-2H3. The van der Waals surface area contributed by atoms with E-state index in [9.17, 15) is 10.2 Å². The van der Waals surface area contributed by atoms with Gasteiger partial charge in [-0.25, -0.2) is 0 Å². The van der Waals surface area contributed by atoms with Crippen molar-refractivity contribution < 1.29 is 10.2 Å². The molecule has 0 atom stereocenters. The van der Waals surface area contributed by atoms with Crippen LogP contribution in [0.2, 0.25) is 0 Å². The van der Waals surface area contributed by atoms with Crippen LogP contribution < -0.4 is 0 Å². The summed E-state index contributed by atoms with van der Waals surface area (Å²) < 4.78 is 3.71. The van der Waals surface area contributed by atoms with Crippen LogP contribution in [0.4, 0.5) is 0 Å². The van der Waals surface area contributed by atoms with Gasteiger partial charge in [0.25, 0.3) is 0 Å². The average molecular weight is 425 g/mol. The second kappa shape index (κ2) is 7.59. The van der Waals surface area contributed by atoms with E-state index >= 15 is 0 Å². The van der Waals surface area contributed by atoms with E-state index < -0.39 is 0 Å². The minimum absolute atomic E-state index is 0.00782. The molecule has 0 saturated carbocycles. The van der Waals surface area contributed by atoms with E-state index in [1.807, 2.05) is 69.7 Å². The fourth-order valence-electron chi connectivity index (χ4n) is 4.30. The van der Waals surface area contributed by atoms with Crippen molar-refractivity contribution in [2.75, 3.05) is 0 Å². The highest BCUT2D eigenvalue weighted by atomic mass is 16.3. The normalized spacial score (nSPS) is 15.9. The van der Waals surface area contributed by atoms with Crippen LogP contribution in [0.25, 0.3) is 23.4 Å². The summed E-state index contributed by atoms with van der Waals surface area (Å²) in [4.78, 5) is 8.40. The number of aromatic nitrogens is 4. The second-order valence-electron chi connectivity index (χ2n) is 8.88.